The maximum Gasteiger partial charge on any atom is 0.224 e. The molecule has 0 bridgehead atoms. The molecule has 0 saturated carbocycles. The van der Waals surface area contributed by atoms with E-state index in [-0.39, 0.29) is 36.7 Å². The van der Waals surface area contributed by atoms with Gasteiger partial charge >= 0.3 is 0 Å². The van der Waals surface area contributed by atoms with Crippen molar-refractivity contribution in [3.63, 3.8) is 0 Å². The van der Waals surface area contributed by atoms with Crippen molar-refractivity contribution < 1.29 is 19.2 Å². The van der Waals surface area contributed by atoms with Crippen LogP contribution < -0.4 is 5.73 Å². The predicted molar refractivity (Wildman–Crippen MR) is 80.6 cm³/mol. The third-order valence-electron chi connectivity index (χ3n) is 2.06. The van der Waals surface area contributed by atoms with Crippen LogP contribution in [0, 0.1) is 0 Å². The van der Waals surface area contributed by atoms with Gasteiger partial charge < -0.3 is 5.73 Å². The third kappa shape index (κ3) is 12.3. The summed E-state index contributed by atoms with van der Waals surface area (Å²) in [7, 11) is 0. The van der Waals surface area contributed by atoms with Gasteiger partial charge in [0.05, 0.1) is 18.5 Å². The molecule has 0 radical (unpaired) electrons. The van der Waals surface area contributed by atoms with Gasteiger partial charge in [-0.2, -0.15) is 10.2 Å². The number of carbonyl (C=O) groups is 4. The Morgan fingerprint density at radius 2 is 1.50 bits per heavy atom. The van der Waals surface area contributed by atoms with E-state index in [1.807, 2.05) is 18.2 Å². The highest BCUT2D eigenvalue weighted by Gasteiger charge is 2.03. The van der Waals surface area contributed by atoms with Crippen LogP contribution in [0.4, 0.5) is 5.69 Å². The van der Waals surface area contributed by atoms with Gasteiger partial charge in [0.15, 0.2) is 5.78 Å². The fourth-order valence-electron chi connectivity index (χ4n) is 1.27. The minimum absolute atomic E-state index is 0.0333. The lowest BCUT2D eigenvalue weighted by molar-refractivity contribution is -0.126. The summed E-state index contributed by atoms with van der Waals surface area (Å²) >= 11 is 0. The number of nitrogens with zero attached hydrogens (tertiary/aromatic N) is 2. The molecule has 2 N–H and O–H groups in total. The molecule has 1 aromatic carbocycles. The average molecular weight is 305 g/mol. The lowest BCUT2D eigenvalue weighted by Crippen LogP contribution is -2.13. The summed E-state index contributed by atoms with van der Waals surface area (Å²) in [5.74, 6) is -1.10. The van der Waals surface area contributed by atoms with E-state index in [0.717, 1.165) is 0 Å². The van der Waals surface area contributed by atoms with E-state index in [1.54, 1.807) is 12.1 Å². The van der Waals surface area contributed by atoms with Crippen LogP contribution in [-0.2, 0) is 19.2 Å². The molecule has 0 atom stereocenters. The number of hydrogen-bond donors (Lipinski definition) is 1. The zero-order valence-corrected chi connectivity index (χ0v) is 12.6. The fourth-order valence-corrected chi connectivity index (χ4v) is 1.27. The molecule has 7 nitrogen and oxygen atoms in total. The lowest BCUT2D eigenvalue weighted by Gasteiger charge is -1.92. The highest BCUT2D eigenvalue weighted by molar-refractivity contribution is 5.98. The molecule has 1 amide bonds. The summed E-state index contributed by atoms with van der Waals surface area (Å²) in [6, 6.07) is 9.13. The Morgan fingerprint density at radius 3 is 1.91 bits per heavy atom. The van der Waals surface area contributed by atoms with E-state index >= 15 is 0 Å². The average Bonchev–Trinajstić information content (AvgIpc) is 2.38. The molecule has 7 heteroatoms. The molecule has 118 valence electrons. The Kier molecular flexibility index (Phi) is 9.66. The minimum Gasteiger partial charge on any atom is -0.369 e. The largest absolute Gasteiger partial charge is 0.369 e. The Bertz CT molecular complexity index is 541. The first kappa shape index (κ1) is 19.3. The minimum atomic E-state index is -0.562. The number of primary amides is 1. The zero-order chi connectivity index (χ0) is 17.0. The number of rotatable bonds is 7. The molecule has 0 aliphatic carbocycles. The highest BCUT2D eigenvalue weighted by atomic mass is 16.2. The van der Waals surface area contributed by atoms with Crippen molar-refractivity contribution in [1.29, 1.82) is 0 Å². The zero-order valence-electron chi connectivity index (χ0n) is 12.6. The molecule has 0 spiro atoms. The van der Waals surface area contributed by atoms with Gasteiger partial charge in [0.1, 0.15) is 18.1 Å². The highest BCUT2D eigenvalue weighted by Crippen LogP contribution is 2.09. The molecule has 0 heterocycles. The molecule has 0 fully saturated rings. The maximum atomic E-state index is 11.1. The smallest absolute Gasteiger partial charge is 0.224 e. The van der Waals surface area contributed by atoms with Gasteiger partial charge in [-0.1, -0.05) is 18.2 Å². The summed E-state index contributed by atoms with van der Waals surface area (Å²) in [6.07, 6.45) is -0.201. The molecule has 0 aliphatic heterocycles. The SMILES string of the molecule is CC(=O)CC(=O)CN=Nc1ccccc1.CC(=O)CC(N)=O. The number of benzene rings is 1. The van der Waals surface area contributed by atoms with Crippen LogP contribution in [0.3, 0.4) is 0 Å². The number of Topliss-reactive ketones (excluding diaryl/α,β-unsaturated/α-hetero) is 3. The molecule has 1 rings (SSSR count). The number of ketones is 3. The second-order valence-corrected chi connectivity index (χ2v) is 4.50. The van der Waals surface area contributed by atoms with Crippen LogP contribution in [-0.4, -0.2) is 29.8 Å². The van der Waals surface area contributed by atoms with Gasteiger partial charge in [-0.05, 0) is 26.0 Å². The van der Waals surface area contributed by atoms with Crippen LogP contribution in [0.2, 0.25) is 0 Å². The van der Waals surface area contributed by atoms with Crippen LogP contribution in [0.25, 0.3) is 0 Å². The first-order chi connectivity index (χ1) is 10.3. The van der Waals surface area contributed by atoms with Gasteiger partial charge in [-0.3, -0.25) is 19.2 Å². The topological polar surface area (TPSA) is 119 Å². The summed E-state index contributed by atoms with van der Waals surface area (Å²) in [5.41, 5.74) is 5.34. The maximum absolute atomic E-state index is 11.1. The van der Waals surface area contributed by atoms with Crippen LogP contribution in [0.15, 0.2) is 40.6 Å². The molecule has 0 unspecified atom stereocenters. The summed E-state index contributed by atoms with van der Waals surface area (Å²) < 4.78 is 0. The molecule has 22 heavy (non-hydrogen) atoms. The Balaban J connectivity index is 0.000000534. The molecule has 0 saturated heterocycles. The van der Waals surface area contributed by atoms with Gasteiger partial charge in [-0.25, -0.2) is 0 Å². The Labute approximate surface area is 128 Å². The normalized spacial score (nSPS) is 9.73. The van der Waals surface area contributed by atoms with Crippen molar-refractivity contribution in [2.24, 2.45) is 16.0 Å². The molecule has 0 aromatic heterocycles. The number of hydrogen-bond acceptors (Lipinski definition) is 6. The molecule has 1 aromatic rings. The quantitative estimate of drug-likeness (QED) is 0.609. The third-order valence-corrected chi connectivity index (χ3v) is 2.06. The lowest BCUT2D eigenvalue weighted by atomic mass is 10.2. The number of azo groups is 1. The van der Waals surface area contributed by atoms with Crippen LogP contribution in [0.5, 0.6) is 0 Å². The van der Waals surface area contributed by atoms with Crippen molar-refractivity contribution in [2.45, 2.75) is 26.7 Å². The van der Waals surface area contributed by atoms with Crippen LogP contribution in [0.1, 0.15) is 26.7 Å². The van der Waals surface area contributed by atoms with E-state index in [2.05, 4.69) is 16.0 Å². The number of nitrogens with two attached hydrogens (primary N) is 1. The Morgan fingerprint density at radius 1 is 0.955 bits per heavy atom. The fraction of sp³-hybridized carbons (Fsp3) is 0.333. The Hall–Kier alpha value is -2.70. The van der Waals surface area contributed by atoms with Gasteiger partial charge in [-0.15, -0.1) is 0 Å². The first-order valence-corrected chi connectivity index (χ1v) is 6.52. The van der Waals surface area contributed by atoms with Gasteiger partial charge in [0.25, 0.3) is 0 Å². The molecular formula is C15H19N3O4. The van der Waals surface area contributed by atoms with Gasteiger partial charge in [0, 0.05) is 0 Å². The van der Waals surface area contributed by atoms with Gasteiger partial charge in [0.2, 0.25) is 5.91 Å². The van der Waals surface area contributed by atoms with Crippen LogP contribution >= 0.6 is 0 Å². The second-order valence-electron chi connectivity index (χ2n) is 4.50. The van der Waals surface area contributed by atoms with E-state index in [1.165, 1.54) is 13.8 Å². The van der Waals surface area contributed by atoms with Crippen molar-refractivity contribution >= 4 is 28.9 Å². The van der Waals surface area contributed by atoms with E-state index in [0.29, 0.717) is 5.69 Å². The van der Waals surface area contributed by atoms with E-state index in [4.69, 9.17) is 0 Å². The predicted octanol–water partition coefficient (Wildman–Crippen LogP) is 1.77. The summed E-state index contributed by atoms with van der Waals surface area (Å²) in [6.45, 7) is 2.67. The number of amides is 1. The van der Waals surface area contributed by atoms with Crippen molar-refractivity contribution in [2.75, 3.05) is 6.54 Å². The summed E-state index contributed by atoms with van der Waals surface area (Å²) in [4.78, 5) is 41.4. The van der Waals surface area contributed by atoms with E-state index in [9.17, 15) is 19.2 Å². The van der Waals surface area contributed by atoms with Crippen molar-refractivity contribution in [3.8, 4) is 0 Å². The molecule has 0 aliphatic rings. The van der Waals surface area contributed by atoms with Crippen molar-refractivity contribution in [1.82, 2.24) is 0 Å². The monoisotopic (exact) mass is 305 g/mol. The second kappa shape index (κ2) is 11.0. The van der Waals surface area contributed by atoms with Crippen molar-refractivity contribution in [3.05, 3.63) is 30.3 Å². The summed E-state index contributed by atoms with van der Waals surface area (Å²) in [5, 5.41) is 7.56. The standard InChI is InChI=1S/C11H12N2O2.C4H7NO2/c1-9(14)7-11(15)8-12-13-10-5-3-2-4-6-10;1-3(6)2-4(5)7/h2-6H,7-8H2,1H3;2H2,1H3,(H2,5,7). The molecular weight excluding hydrogens is 286 g/mol. The first-order valence-electron chi connectivity index (χ1n) is 6.52. The van der Waals surface area contributed by atoms with E-state index < -0.39 is 5.91 Å². The number of carbonyl (C=O) groups excluding carboxylic acids is 4.